The number of amides is 1. The third-order valence-electron chi connectivity index (χ3n) is 2.95. The Balaban J connectivity index is 2.01. The summed E-state index contributed by atoms with van der Waals surface area (Å²) in [4.78, 5) is 12.3. The number of rotatable bonds is 0. The van der Waals surface area contributed by atoms with Crippen molar-refractivity contribution in [2.45, 2.75) is 18.4 Å². The van der Waals surface area contributed by atoms with Gasteiger partial charge in [-0.1, -0.05) is 0 Å². The lowest BCUT2D eigenvalue weighted by Gasteiger charge is -2.44. The Bertz CT molecular complexity index is 221. The van der Waals surface area contributed by atoms with Crippen LogP contribution in [-0.4, -0.2) is 54.5 Å². The number of hydrogen-bond donors (Lipinski definition) is 2. The Kier molecular flexibility index (Phi) is 2.60. The SMILES string of the molecule is O=C(O)N1CCOC2(CCCNC2)C1. The predicted octanol–water partition coefficient (Wildman–Crippen LogP) is 0.119. The van der Waals surface area contributed by atoms with E-state index in [4.69, 9.17) is 9.84 Å². The number of hydrogen-bond acceptors (Lipinski definition) is 3. The summed E-state index contributed by atoms with van der Waals surface area (Å²) in [6.45, 7) is 3.31. The highest BCUT2D eigenvalue weighted by atomic mass is 16.5. The molecule has 0 saturated carbocycles. The Labute approximate surface area is 83.0 Å². The second-order valence-electron chi connectivity index (χ2n) is 4.02. The fourth-order valence-electron chi connectivity index (χ4n) is 2.21. The monoisotopic (exact) mass is 200 g/mol. The van der Waals surface area contributed by atoms with E-state index in [1.165, 1.54) is 4.90 Å². The largest absolute Gasteiger partial charge is 0.465 e. The maximum atomic E-state index is 10.8. The van der Waals surface area contributed by atoms with Gasteiger partial charge in [0.25, 0.3) is 0 Å². The molecule has 0 aromatic heterocycles. The quantitative estimate of drug-likeness (QED) is 0.583. The van der Waals surface area contributed by atoms with Gasteiger partial charge in [0.1, 0.15) is 0 Å². The number of piperidine rings is 1. The maximum Gasteiger partial charge on any atom is 0.407 e. The Morgan fingerprint density at radius 3 is 3.07 bits per heavy atom. The lowest BCUT2D eigenvalue weighted by Crippen LogP contribution is -2.59. The van der Waals surface area contributed by atoms with Gasteiger partial charge in [0.05, 0.1) is 18.8 Å². The molecule has 14 heavy (non-hydrogen) atoms. The van der Waals surface area contributed by atoms with Gasteiger partial charge in [-0.2, -0.15) is 0 Å². The molecule has 0 aromatic carbocycles. The van der Waals surface area contributed by atoms with E-state index in [9.17, 15) is 4.79 Å². The second kappa shape index (κ2) is 3.74. The molecule has 0 radical (unpaired) electrons. The minimum Gasteiger partial charge on any atom is -0.465 e. The van der Waals surface area contributed by atoms with Gasteiger partial charge >= 0.3 is 6.09 Å². The highest BCUT2D eigenvalue weighted by molar-refractivity contribution is 5.65. The first kappa shape index (κ1) is 9.73. The summed E-state index contributed by atoms with van der Waals surface area (Å²) in [5, 5.41) is 12.2. The summed E-state index contributed by atoms with van der Waals surface area (Å²) in [6, 6.07) is 0. The zero-order chi connectivity index (χ0) is 10.0. The van der Waals surface area contributed by atoms with Crippen LogP contribution in [0.4, 0.5) is 4.79 Å². The standard InChI is InChI=1S/C9H16N2O3/c12-8(13)11-4-5-14-9(7-11)2-1-3-10-6-9/h10H,1-7H2,(H,12,13). The Morgan fingerprint density at radius 1 is 1.57 bits per heavy atom. The van der Waals surface area contributed by atoms with Gasteiger partial charge in [0.15, 0.2) is 0 Å². The number of ether oxygens (including phenoxy) is 1. The van der Waals surface area contributed by atoms with Crippen molar-refractivity contribution in [1.29, 1.82) is 0 Å². The molecular weight excluding hydrogens is 184 g/mol. The van der Waals surface area contributed by atoms with E-state index in [1.54, 1.807) is 0 Å². The second-order valence-corrected chi connectivity index (χ2v) is 4.02. The van der Waals surface area contributed by atoms with Gasteiger partial charge < -0.3 is 20.1 Å². The first-order valence-electron chi connectivity index (χ1n) is 5.04. The molecule has 0 aliphatic carbocycles. The van der Waals surface area contributed by atoms with E-state index >= 15 is 0 Å². The maximum absolute atomic E-state index is 10.8. The molecule has 2 saturated heterocycles. The summed E-state index contributed by atoms with van der Waals surface area (Å²) in [7, 11) is 0. The summed E-state index contributed by atoms with van der Waals surface area (Å²) in [5.41, 5.74) is -0.255. The summed E-state index contributed by atoms with van der Waals surface area (Å²) >= 11 is 0. The minimum atomic E-state index is -0.835. The average molecular weight is 200 g/mol. The molecule has 2 heterocycles. The van der Waals surface area contributed by atoms with Crippen LogP contribution < -0.4 is 5.32 Å². The van der Waals surface area contributed by atoms with Crippen molar-refractivity contribution < 1.29 is 14.6 Å². The molecule has 1 amide bonds. The molecule has 2 aliphatic rings. The van der Waals surface area contributed by atoms with Gasteiger partial charge in [0.2, 0.25) is 0 Å². The van der Waals surface area contributed by atoms with Gasteiger partial charge in [0, 0.05) is 13.1 Å². The van der Waals surface area contributed by atoms with E-state index in [-0.39, 0.29) is 5.60 Å². The normalized spacial score (nSPS) is 33.3. The molecule has 1 atom stereocenters. The molecule has 1 unspecified atom stereocenters. The lowest BCUT2D eigenvalue weighted by atomic mass is 9.92. The summed E-state index contributed by atoms with van der Waals surface area (Å²) < 4.78 is 5.72. The Hall–Kier alpha value is -0.810. The molecule has 80 valence electrons. The molecular formula is C9H16N2O3. The number of morpholine rings is 1. The first-order chi connectivity index (χ1) is 6.72. The zero-order valence-corrected chi connectivity index (χ0v) is 8.16. The fraction of sp³-hybridized carbons (Fsp3) is 0.889. The number of nitrogens with zero attached hydrogens (tertiary/aromatic N) is 1. The first-order valence-corrected chi connectivity index (χ1v) is 5.04. The van der Waals surface area contributed by atoms with E-state index in [0.29, 0.717) is 19.7 Å². The van der Waals surface area contributed by atoms with Crippen molar-refractivity contribution in [3.63, 3.8) is 0 Å². The van der Waals surface area contributed by atoms with Crippen LogP contribution in [0.3, 0.4) is 0 Å². The smallest absolute Gasteiger partial charge is 0.407 e. The highest BCUT2D eigenvalue weighted by Crippen LogP contribution is 2.25. The van der Waals surface area contributed by atoms with Crippen LogP contribution in [0.15, 0.2) is 0 Å². The van der Waals surface area contributed by atoms with Crippen LogP contribution in [-0.2, 0) is 4.74 Å². The zero-order valence-electron chi connectivity index (χ0n) is 8.16. The molecule has 2 rings (SSSR count). The molecule has 1 spiro atoms. The molecule has 2 aliphatic heterocycles. The van der Waals surface area contributed by atoms with Crippen molar-refractivity contribution in [1.82, 2.24) is 10.2 Å². The van der Waals surface area contributed by atoms with Crippen LogP contribution in [0.5, 0.6) is 0 Å². The minimum absolute atomic E-state index is 0.255. The fourth-order valence-corrected chi connectivity index (χ4v) is 2.21. The average Bonchev–Trinajstić information content (AvgIpc) is 2.19. The topological polar surface area (TPSA) is 61.8 Å². The molecule has 2 fully saturated rings. The number of carbonyl (C=O) groups is 1. The van der Waals surface area contributed by atoms with E-state index in [0.717, 1.165) is 25.9 Å². The summed E-state index contributed by atoms with van der Waals surface area (Å²) in [6.07, 6.45) is 1.19. The van der Waals surface area contributed by atoms with E-state index in [2.05, 4.69) is 5.32 Å². The third-order valence-corrected chi connectivity index (χ3v) is 2.95. The molecule has 0 aromatic rings. The third kappa shape index (κ3) is 1.83. The van der Waals surface area contributed by atoms with Crippen LogP contribution in [0.25, 0.3) is 0 Å². The number of carboxylic acid groups (broad SMARTS) is 1. The number of nitrogens with one attached hydrogen (secondary N) is 1. The van der Waals surface area contributed by atoms with E-state index in [1.807, 2.05) is 0 Å². The summed E-state index contributed by atoms with van der Waals surface area (Å²) in [5.74, 6) is 0. The van der Waals surface area contributed by atoms with Gasteiger partial charge in [-0.05, 0) is 19.4 Å². The lowest BCUT2D eigenvalue weighted by molar-refractivity contribution is -0.111. The van der Waals surface area contributed by atoms with Crippen molar-refractivity contribution in [2.75, 3.05) is 32.8 Å². The van der Waals surface area contributed by atoms with Gasteiger partial charge in [-0.3, -0.25) is 0 Å². The van der Waals surface area contributed by atoms with Gasteiger partial charge in [-0.15, -0.1) is 0 Å². The van der Waals surface area contributed by atoms with Crippen LogP contribution in [0, 0.1) is 0 Å². The molecule has 2 N–H and O–H groups in total. The van der Waals surface area contributed by atoms with E-state index < -0.39 is 6.09 Å². The van der Waals surface area contributed by atoms with Crippen molar-refractivity contribution >= 4 is 6.09 Å². The molecule has 5 heteroatoms. The van der Waals surface area contributed by atoms with Crippen LogP contribution in [0.2, 0.25) is 0 Å². The van der Waals surface area contributed by atoms with Crippen LogP contribution in [0.1, 0.15) is 12.8 Å². The van der Waals surface area contributed by atoms with Crippen LogP contribution >= 0.6 is 0 Å². The van der Waals surface area contributed by atoms with Crippen molar-refractivity contribution in [3.05, 3.63) is 0 Å². The predicted molar refractivity (Wildman–Crippen MR) is 50.4 cm³/mol. The molecule has 0 bridgehead atoms. The Morgan fingerprint density at radius 2 is 2.43 bits per heavy atom. The molecule has 5 nitrogen and oxygen atoms in total. The van der Waals surface area contributed by atoms with Crippen molar-refractivity contribution in [2.24, 2.45) is 0 Å². The highest BCUT2D eigenvalue weighted by Gasteiger charge is 2.39. The van der Waals surface area contributed by atoms with Gasteiger partial charge in [-0.25, -0.2) is 4.79 Å². The van der Waals surface area contributed by atoms with Crippen molar-refractivity contribution in [3.8, 4) is 0 Å².